The second-order valence-corrected chi connectivity index (χ2v) is 8.31. The van der Waals surface area contributed by atoms with Gasteiger partial charge in [0, 0.05) is 16.5 Å². The second-order valence-electron chi connectivity index (χ2n) is 7.43. The van der Waals surface area contributed by atoms with E-state index in [9.17, 15) is 9.59 Å². The number of anilines is 2. The second kappa shape index (κ2) is 10.3. The highest BCUT2D eigenvalue weighted by Crippen LogP contribution is 2.37. The average Bonchev–Trinajstić information content (AvgIpc) is 3.18. The fraction of sp³-hybridized carbons (Fsp3) is 0.280. The van der Waals surface area contributed by atoms with Gasteiger partial charge in [-0.05, 0) is 62.1 Å². The quantitative estimate of drug-likeness (QED) is 0.331. The molecule has 3 rings (SSSR count). The molecule has 3 N–H and O–H groups in total. The summed E-state index contributed by atoms with van der Waals surface area (Å²) >= 11 is 1.29. The largest absolute Gasteiger partial charge is 0.491 e. The van der Waals surface area contributed by atoms with E-state index in [1.54, 1.807) is 25.1 Å². The predicted octanol–water partition coefficient (Wildman–Crippen LogP) is 5.83. The molecule has 1 aromatic heterocycles. The molecule has 6 nitrogen and oxygen atoms in total. The van der Waals surface area contributed by atoms with Crippen LogP contribution in [0.5, 0.6) is 5.75 Å². The zero-order valence-electron chi connectivity index (χ0n) is 18.8. The third-order valence-electron chi connectivity index (χ3n) is 5.05. The number of ether oxygens (including phenoxy) is 2. The van der Waals surface area contributed by atoms with Crippen molar-refractivity contribution < 1.29 is 19.1 Å². The number of carbonyl (C=O) groups is 2. The molecule has 1 amide bonds. The molecule has 0 unspecified atom stereocenters. The van der Waals surface area contributed by atoms with Crippen LogP contribution < -0.4 is 15.8 Å². The summed E-state index contributed by atoms with van der Waals surface area (Å²) < 4.78 is 10.9. The molecule has 0 saturated heterocycles. The maximum atomic E-state index is 12.9. The SMILES string of the molecule is CCCOc1ccc(C(=O)Nc2scc(-c3ccc(C)c(C)c3)c2C(=O)OCC)cc1N. The number of nitrogen functional groups attached to an aromatic ring is 1. The standard InChI is InChI=1S/C25H28N2O4S/c1-5-11-31-21-10-9-18(13-20(21)26)23(28)27-24-22(25(29)30-6-2)19(14-32-24)17-8-7-15(3)16(4)12-17/h7-10,12-14H,5-6,11,26H2,1-4H3,(H,27,28). The lowest BCUT2D eigenvalue weighted by Crippen LogP contribution is -2.15. The van der Waals surface area contributed by atoms with Gasteiger partial charge in [-0.3, -0.25) is 4.79 Å². The Bertz CT molecular complexity index is 1140. The molecule has 2 aromatic carbocycles. The van der Waals surface area contributed by atoms with E-state index in [-0.39, 0.29) is 12.5 Å². The zero-order valence-corrected chi connectivity index (χ0v) is 19.6. The number of aryl methyl sites for hydroxylation is 2. The van der Waals surface area contributed by atoms with Crippen molar-refractivity contribution in [2.24, 2.45) is 0 Å². The van der Waals surface area contributed by atoms with Crippen molar-refractivity contribution in [2.75, 3.05) is 24.3 Å². The number of rotatable bonds is 8. The number of carbonyl (C=O) groups excluding carboxylic acids is 2. The van der Waals surface area contributed by atoms with Crippen LogP contribution in [0.4, 0.5) is 10.7 Å². The van der Waals surface area contributed by atoms with Gasteiger partial charge in [-0.2, -0.15) is 0 Å². The Kier molecular flexibility index (Phi) is 7.53. The first-order valence-electron chi connectivity index (χ1n) is 10.6. The lowest BCUT2D eigenvalue weighted by atomic mass is 9.99. The molecule has 0 aliphatic heterocycles. The molecule has 3 aromatic rings. The molecule has 0 aliphatic rings. The number of amides is 1. The minimum Gasteiger partial charge on any atom is -0.491 e. The van der Waals surface area contributed by atoms with Gasteiger partial charge in [-0.25, -0.2) is 4.79 Å². The predicted molar refractivity (Wildman–Crippen MR) is 130 cm³/mol. The van der Waals surface area contributed by atoms with Crippen LogP contribution in [0.2, 0.25) is 0 Å². The van der Waals surface area contributed by atoms with E-state index < -0.39 is 5.97 Å². The highest BCUT2D eigenvalue weighted by atomic mass is 32.1. The van der Waals surface area contributed by atoms with E-state index in [1.165, 1.54) is 16.9 Å². The number of nitrogens with two attached hydrogens (primary N) is 1. The summed E-state index contributed by atoms with van der Waals surface area (Å²) in [6, 6.07) is 10.9. The summed E-state index contributed by atoms with van der Waals surface area (Å²) in [5.41, 5.74) is 11.1. The van der Waals surface area contributed by atoms with Crippen LogP contribution in [0.25, 0.3) is 11.1 Å². The van der Waals surface area contributed by atoms with Crippen LogP contribution in [0.3, 0.4) is 0 Å². The van der Waals surface area contributed by atoms with Gasteiger partial charge in [0.1, 0.15) is 16.3 Å². The normalized spacial score (nSPS) is 10.6. The van der Waals surface area contributed by atoms with Crippen molar-refractivity contribution in [1.29, 1.82) is 0 Å². The van der Waals surface area contributed by atoms with Gasteiger partial charge >= 0.3 is 5.97 Å². The summed E-state index contributed by atoms with van der Waals surface area (Å²) in [6.45, 7) is 8.61. The van der Waals surface area contributed by atoms with Crippen molar-refractivity contribution in [3.05, 3.63) is 64.0 Å². The molecule has 0 spiro atoms. The van der Waals surface area contributed by atoms with Crippen LogP contribution in [0.15, 0.2) is 41.8 Å². The number of hydrogen-bond donors (Lipinski definition) is 2. The van der Waals surface area contributed by atoms with E-state index in [0.717, 1.165) is 23.1 Å². The lowest BCUT2D eigenvalue weighted by Gasteiger charge is -2.11. The highest BCUT2D eigenvalue weighted by Gasteiger charge is 2.23. The smallest absolute Gasteiger partial charge is 0.341 e. The van der Waals surface area contributed by atoms with Crippen LogP contribution in [0.1, 0.15) is 52.1 Å². The number of nitrogens with one attached hydrogen (secondary N) is 1. The zero-order chi connectivity index (χ0) is 23.3. The Balaban J connectivity index is 1.93. The molecule has 7 heteroatoms. The molecule has 0 saturated carbocycles. The third-order valence-corrected chi connectivity index (χ3v) is 5.94. The van der Waals surface area contributed by atoms with Gasteiger partial charge in [0.05, 0.1) is 18.9 Å². The molecule has 0 bridgehead atoms. The molecule has 168 valence electrons. The van der Waals surface area contributed by atoms with Gasteiger partial charge < -0.3 is 20.5 Å². The third kappa shape index (κ3) is 5.11. The van der Waals surface area contributed by atoms with E-state index in [4.69, 9.17) is 15.2 Å². The monoisotopic (exact) mass is 452 g/mol. The van der Waals surface area contributed by atoms with Crippen LogP contribution in [-0.2, 0) is 4.74 Å². The Hall–Kier alpha value is -3.32. The first-order chi connectivity index (χ1) is 15.3. The summed E-state index contributed by atoms with van der Waals surface area (Å²) in [5.74, 6) is -0.290. The maximum Gasteiger partial charge on any atom is 0.341 e. The van der Waals surface area contributed by atoms with Crippen LogP contribution in [0, 0.1) is 13.8 Å². The van der Waals surface area contributed by atoms with Gasteiger partial charge in [-0.15, -0.1) is 11.3 Å². The van der Waals surface area contributed by atoms with Gasteiger partial charge in [-0.1, -0.05) is 25.1 Å². The molecular formula is C25H28N2O4S. The Morgan fingerprint density at radius 3 is 2.50 bits per heavy atom. The molecule has 32 heavy (non-hydrogen) atoms. The number of benzene rings is 2. The number of hydrogen-bond acceptors (Lipinski definition) is 6. The maximum absolute atomic E-state index is 12.9. The summed E-state index contributed by atoms with van der Waals surface area (Å²) in [6.07, 6.45) is 0.861. The molecule has 0 atom stereocenters. The van der Waals surface area contributed by atoms with Crippen molar-refractivity contribution in [1.82, 2.24) is 0 Å². The molecule has 0 fully saturated rings. The summed E-state index contributed by atoms with van der Waals surface area (Å²) in [4.78, 5) is 25.7. The topological polar surface area (TPSA) is 90.6 Å². The van der Waals surface area contributed by atoms with E-state index in [1.807, 2.05) is 44.4 Å². The highest BCUT2D eigenvalue weighted by molar-refractivity contribution is 7.15. The minimum absolute atomic E-state index is 0.240. The van der Waals surface area contributed by atoms with Crippen molar-refractivity contribution in [3.63, 3.8) is 0 Å². The minimum atomic E-state index is -0.472. The first kappa shape index (κ1) is 23.3. The van der Waals surface area contributed by atoms with E-state index >= 15 is 0 Å². The average molecular weight is 453 g/mol. The van der Waals surface area contributed by atoms with Crippen LogP contribution >= 0.6 is 11.3 Å². The van der Waals surface area contributed by atoms with Gasteiger partial charge in [0.15, 0.2) is 0 Å². The summed E-state index contributed by atoms with van der Waals surface area (Å²) in [7, 11) is 0. The Morgan fingerprint density at radius 1 is 1.06 bits per heavy atom. The number of esters is 1. The Morgan fingerprint density at radius 2 is 1.84 bits per heavy atom. The van der Waals surface area contributed by atoms with Gasteiger partial charge in [0.25, 0.3) is 5.91 Å². The van der Waals surface area contributed by atoms with Gasteiger partial charge in [0.2, 0.25) is 0 Å². The fourth-order valence-electron chi connectivity index (χ4n) is 3.19. The first-order valence-corrected chi connectivity index (χ1v) is 11.4. The molecule has 0 radical (unpaired) electrons. The van der Waals surface area contributed by atoms with Crippen molar-refractivity contribution >= 4 is 33.9 Å². The van der Waals surface area contributed by atoms with Crippen molar-refractivity contribution in [3.8, 4) is 16.9 Å². The molecule has 1 heterocycles. The lowest BCUT2D eigenvalue weighted by molar-refractivity contribution is 0.0529. The fourth-order valence-corrected chi connectivity index (χ4v) is 4.14. The van der Waals surface area contributed by atoms with E-state index in [0.29, 0.717) is 34.2 Å². The van der Waals surface area contributed by atoms with Crippen molar-refractivity contribution in [2.45, 2.75) is 34.1 Å². The summed E-state index contributed by atoms with van der Waals surface area (Å²) in [5, 5.41) is 5.15. The molecular weight excluding hydrogens is 424 g/mol. The number of thiophene rings is 1. The molecule has 0 aliphatic carbocycles. The Labute approximate surface area is 192 Å². The van der Waals surface area contributed by atoms with Crippen LogP contribution in [-0.4, -0.2) is 25.1 Å². The van der Waals surface area contributed by atoms with E-state index in [2.05, 4.69) is 5.32 Å².